The van der Waals surface area contributed by atoms with E-state index in [0.717, 1.165) is 16.6 Å². The van der Waals surface area contributed by atoms with Crippen LogP contribution < -0.4 is 0 Å². The van der Waals surface area contributed by atoms with E-state index in [4.69, 9.17) is 9.72 Å². The summed E-state index contributed by atoms with van der Waals surface area (Å²) in [4.78, 5) is 30.5. The minimum atomic E-state index is -0.895. The molecule has 0 aliphatic carbocycles. The van der Waals surface area contributed by atoms with Crippen LogP contribution in [0.25, 0.3) is 22.2 Å². The molecular formula is C26H21NO3. The highest BCUT2D eigenvalue weighted by atomic mass is 16.5. The SMILES string of the molecule is Cc1cccc2c(C(=O)O[C@H](C)C(=O)c3ccccc3)cc(-c3ccccc3)nc12. The zero-order chi connectivity index (χ0) is 21.1. The lowest BCUT2D eigenvalue weighted by Gasteiger charge is -2.15. The predicted octanol–water partition coefficient (Wildman–Crippen LogP) is 5.64. The summed E-state index contributed by atoms with van der Waals surface area (Å²) in [5.74, 6) is -0.774. The summed E-state index contributed by atoms with van der Waals surface area (Å²) in [5.41, 5.74) is 4.21. The largest absolute Gasteiger partial charge is 0.451 e. The summed E-state index contributed by atoms with van der Waals surface area (Å²) < 4.78 is 5.58. The molecule has 0 spiro atoms. The van der Waals surface area contributed by atoms with Gasteiger partial charge < -0.3 is 4.74 Å². The van der Waals surface area contributed by atoms with E-state index in [1.54, 1.807) is 37.3 Å². The van der Waals surface area contributed by atoms with Gasteiger partial charge in [-0.1, -0.05) is 78.9 Å². The number of Topliss-reactive ketones (excluding diaryl/α,β-unsaturated/α-hetero) is 1. The summed E-state index contributed by atoms with van der Waals surface area (Å²) in [7, 11) is 0. The van der Waals surface area contributed by atoms with Gasteiger partial charge in [0.15, 0.2) is 6.10 Å². The summed E-state index contributed by atoms with van der Waals surface area (Å²) in [6.45, 7) is 3.56. The highest BCUT2D eigenvalue weighted by molar-refractivity contribution is 6.07. The molecule has 0 saturated heterocycles. The number of para-hydroxylation sites is 1. The minimum absolute atomic E-state index is 0.234. The maximum Gasteiger partial charge on any atom is 0.339 e. The van der Waals surface area contributed by atoms with Crippen LogP contribution in [0, 0.1) is 6.92 Å². The molecule has 4 aromatic rings. The molecule has 0 unspecified atom stereocenters. The van der Waals surface area contributed by atoms with E-state index in [0.29, 0.717) is 22.2 Å². The van der Waals surface area contributed by atoms with Gasteiger partial charge in [-0.25, -0.2) is 9.78 Å². The van der Waals surface area contributed by atoms with Gasteiger partial charge in [-0.2, -0.15) is 0 Å². The summed E-state index contributed by atoms with van der Waals surface area (Å²) in [5, 5.41) is 0.707. The molecule has 0 saturated carbocycles. The van der Waals surface area contributed by atoms with Crippen LogP contribution >= 0.6 is 0 Å². The maximum atomic E-state index is 13.1. The Morgan fingerprint density at radius 1 is 0.867 bits per heavy atom. The van der Waals surface area contributed by atoms with E-state index in [1.165, 1.54) is 0 Å². The van der Waals surface area contributed by atoms with E-state index in [-0.39, 0.29) is 5.78 Å². The smallest absolute Gasteiger partial charge is 0.339 e. The van der Waals surface area contributed by atoms with Crippen LogP contribution in [0.4, 0.5) is 0 Å². The molecule has 0 fully saturated rings. The van der Waals surface area contributed by atoms with E-state index in [9.17, 15) is 9.59 Å². The second kappa shape index (κ2) is 8.29. The standard InChI is InChI=1S/C26H21NO3/c1-17-10-9-15-21-22(16-23(27-24(17)21)19-11-5-3-6-12-19)26(29)30-18(2)25(28)20-13-7-4-8-14-20/h3-16,18H,1-2H3/t18-/m1/s1. The van der Waals surface area contributed by atoms with Gasteiger partial charge in [0.1, 0.15) is 0 Å². The molecule has 0 aliphatic heterocycles. The summed E-state index contributed by atoms with van der Waals surface area (Å²) >= 11 is 0. The molecule has 4 rings (SSSR count). The number of carbonyl (C=O) groups excluding carboxylic acids is 2. The van der Waals surface area contributed by atoms with Crippen LogP contribution in [0.2, 0.25) is 0 Å². The van der Waals surface area contributed by atoms with Crippen molar-refractivity contribution in [2.75, 3.05) is 0 Å². The number of esters is 1. The lowest BCUT2D eigenvalue weighted by atomic mass is 10.0. The Morgan fingerprint density at radius 2 is 1.53 bits per heavy atom. The fraction of sp³-hybridized carbons (Fsp3) is 0.115. The highest BCUT2D eigenvalue weighted by Gasteiger charge is 2.22. The minimum Gasteiger partial charge on any atom is -0.451 e. The number of aryl methyl sites for hydroxylation is 1. The fourth-order valence-corrected chi connectivity index (χ4v) is 3.43. The Hall–Kier alpha value is -3.79. The number of hydrogen-bond donors (Lipinski definition) is 0. The van der Waals surface area contributed by atoms with Crippen LogP contribution in [0.15, 0.2) is 84.9 Å². The molecular weight excluding hydrogens is 374 g/mol. The molecule has 0 aliphatic rings. The predicted molar refractivity (Wildman–Crippen MR) is 118 cm³/mol. The van der Waals surface area contributed by atoms with E-state index in [1.807, 2.05) is 61.5 Å². The van der Waals surface area contributed by atoms with Crippen molar-refractivity contribution in [2.24, 2.45) is 0 Å². The Kier molecular flexibility index (Phi) is 5.40. The maximum absolute atomic E-state index is 13.1. The Labute approximate surface area is 175 Å². The molecule has 0 radical (unpaired) electrons. The normalized spacial score (nSPS) is 11.8. The molecule has 4 heteroatoms. The van der Waals surface area contributed by atoms with Gasteiger partial charge in [-0.05, 0) is 25.5 Å². The number of ketones is 1. The number of rotatable bonds is 5. The van der Waals surface area contributed by atoms with Crippen molar-refractivity contribution in [2.45, 2.75) is 20.0 Å². The average molecular weight is 395 g/mol. The van der Waals surface area contributed by atoms with Crippen molar-refractivity contribution in [3.63, 3.8) is 0 Å². The van der Waals surface area contributed by atoms with Crippen LogP contribution in [-0.2, 0) is 4.74 Å². The fourth-order valence-electron chi connectivity index (χ4n) is 3.43. The van der Waals surface area contributed by atoms with Crippen molar-refractivity contribution in [3.05, 3.63) is 102 Å². The van der Waals surface area contributed by atoms with Crippen molar-refractivity contribution in [1.29, 1.82) is 0 Å². The van der Waals surface area contributed by atoms with Gasteiger partial charge in [0, 0.05) is 16.5 Å². The number of aromatic nitrogens is 1. The molecule has 3 aromatic carbocycles. The third-order valence-corrected chi connectivity index (χ3v) is 5.04. The number of ether oxygens (including phenoxy) is 1. The molecule has 0 bridgehead atoms. The molecule has 1 aromatic heterocycles. The summed E-state index contributed by atoms with van der Waals surface area (Å²) in [6, 6.07) is 25.9. The van der Waals surface area contributed by atoms with Gasteiger partial charge in [0.05, 0.1) is 16.8 Å². The number of pyridine rings is 1. The topological polar surface area (TPSA) is 56.3 Å². The Balaban J connectivity index is 1.73. The monoisotopic (exact) mass is 395 g/mol. The lowest BCUT2D eigenvalue weighted by Crippen LogP contribution is -2.24. The van der Waals surface area contributed by atoms with Crippen molar-refractivity contribution >= 4 is 22.7 Å². The number of hydrogen-bond acceptors (Lipinski definition) is 4. The lowest BCUT2D eigenvalue weighted by molar-refractivity contribution is 0.0320. The Bertz CT molecular complexity index is 1220. The number of fused-ring (bicyclic) bond motifs is 1. The number of nitrogens with zero attached hydrogens (tertiary/aromatic N) is 1. The highest BCUT2D eigenvalue weighted by Crippen LogP contribution is 2.27. The van der Waals surface area contributed by atoms with Gasteiger partial charge in [-0.3, -0.25) is 4.79 Å². The first-order valence-corrected chi connectivity index (χ1v) is 9.80. The zero-order valence-corrected chi connectivity index (χ0v) is 16.8. The van der Waals surface area contributed by atoms with Crippen molar-refractivity contribution in [3.8, 4) is 11.3 Å². The molecule has 1 heterocycles. The van der Waals surface area contributed by atoms with Crippen LogP contribution in [0.3, 0.4) is 0 Å². The molecule has 4 nitrogen and oxygen atoms in total. The number of benzene rings is 3. The Morgan fingerprint density at radius 3 is 2.23 bits per heavy atom. The van der Waals surface area contributed by atoms with Crippen molar-refractivity contribution < 1.29 is 14.3 Å². The summed E-state index contributed by atoms with van der Waals surface area (Å²) in [6.07, 6.45) is -0.895. The number of carbonyl (C=O) groups is 2. The quantitative estimate of drug-likeness (QED) is 0.324. The second-order valence-electron chi connectivity index (χ2n) is 7.17. The first-order valence-electron chi connectivity index (χ1n) is 9.80. The van der Waals surface area contributed by atoms with Gasteiger partial charge >= 0.3 is 5.97 Å². The van der Waals surface area contributed by atoms with Gasteiger partial charge in [0.25, 0.3) is 0 Å². The average Bonchev–Trinajstić information content (AvgIpc) is 2.79. The van der Waals surface area contributed by atoms with Gasteiger partial charge in [0.2, 0.25) is 5.78 Å². The first kappa shape index (κ1) is 19.5. The first-order chi connectivity index (χ1) is 14.5. The van der Waals surface area contributed by atoms with E-state index < -0.39 is 12.1 Å². The second-order valence-corrected chi connectivity index (χ2v) is 7.17. The molecule has 1 atom stereocenters. The van der Waals surface area contributed by atoms with Gasteiger partial charge in [-0.15, -0.1) is 0 Å². The van der Waals surface area contributed by atoms with E-state index >= 15 is 0 Å². The molecule has 30 heavy (non-hydrogen) atoms. The molecule has 0 amide bonds. The van der Waals surface area contributed by atoms with Crippen molar-refractivity contribution in [1.82, 2.24) is 4.98 Å². The van der Waals surface area contributed by atoms with Crippen LogP contribution in [0.5, 0.6) is 0 Å². The third kappa shape index (κ3) is 3.85. The van der Waals surface area contributed by atoms with E-state index in [2.05, 4.69) is 0 Å². The molecule has 148 valence electrons. The van der Waals surface area contributed by atoms with Crippen LogP contribution in [-0.4, -0.2) is 22.8 Å². The third-order valence-electron chi connectivity index (χ3n) is 5.04. The van der Waals surface area contributed by atoms with Crippen LogP contribution in [0.1, 0.15) is 33.2 Å². The molecule has 0 N–H and O–H groups in total. The zero-order valence-electron chi connectivity index (χ0n) is 16.8.